The van der Waals surface area contributed by atoms with E-state index in [-0.39, 0.29) is 6.54 Å². The van der Waals surface area contributed by atoms with Crippen molar-refractivity contribution < 1.29 is 14.0 Å². The molecule has 0 radical (unpaired) electrons. The number of carbonyl (C=O) groups excluding carboxylic acids is 2. The maximum atomic E-state index is 12.6. The van der Waals surface area contributed by atoms with Crippen LogP contribution in [0.25, 0.3) is 0 Å². The highest BCUT2D eigenvalue weighted by Gasteiger charge is 2.51. The first-order chi connectivity index (χ1) is 9.91. The number of halogens is 1. The Kier molecular flexibility index (Phi) is 3.22. The van der Waals surface area contributed by atoms with Gasteiger partial charge in [-0.15, -0.1) is 5.10 Å². The number of urea groups is 1. The van der Waals surface area contributed by atoms with Gasteiger partial charge in [-0.2, -0.15) is 0 Å². The minimum Gasteiger partial charge on any atom is -0.463 e. The maximum absolute atomic E-state index is 12.6. The first kappa shape index (κ1) is 14.0. The van der Waals surface area contributed by atoms with Gasteiger partial charge in [-0.3, -0.25) is 9.69 Å². The van der Waals surface area contributed by atoms with Crippen molar-refractivity contribution in [1.29, 1.82) is 0 Å². The fourth-order valence-electron chi connectivity index (χ4n) is 2.15. The highest BCUT2D eigenvalue weighted by Crippen LogP contribution is 2.31. The number of aryl methyl sites for hydroxylation is 1. The second kappa shape index (κ2) is 4.81. The minimum absolute atomic E-state index is 0.0186. The van der Waals surface area contributed by atoms with Crippen molar-refractivity contribution in [2.75, 3.05) is 0 Å². The average Bonchev–Trinajstić information content (AvgIpc) is 3.08. The SMILES string of the molecule is Cc1ccc([C@@]2(C)NC(=O)N(Cc3nnsc3Cl)C2=O)o1. The summed E-state index contributed by atoms with van der Waals surface area (Å²) in [5.41, 5.74) is -0.827. The normalized spacial score (nSPS) is 22.0. The topological polar surface area (TPSA) is 88.3 Å². The number of furan rings is 1. The molecule has 2 aromatic heterocycles. The van der Waals surface area contributed by atoms with Gasteiger partial charge in [0.1, 0.15) is 21.6 Å². The van der Waals surface area contributed by atoms with Crippen LogP contribution in [0, 0.1) is 6.92 Å². The molecule has 3 heterocycles. The Balaban J connectivity index is 1.90. The molecule has 3 amide bonds. The lowest BCUT2D eigenvalue weighted by atomic mass is 9.99. The molecule has 1 fully saturated rings. The molecule has 2 aromatic rings. The number of imide groups is 1. The van der Waals surface area contributed by atoms with Gasteiger partial charge in [0, 0.05) is 11.5 Å². The third-order valence-corrected chi connectivity index (χ3v) is 4.31. The van der Waals surface area contributed by atoms with Crippen LogP contribution in [0.5, 0.6) is 0 Å². The van der Waals surface area contributed by atoms with E-state index < -0.39 is 17.5 Å². The Morgan fingerprint density at radius 3 is 2.81 bits per heavy atom. The van der Waals surface area contributed by atoms with Crippen LogP contribution in [0.4, 0.5) is 4.79 Å². The monoisotopic (exact) mass is 326 g/mol. The zero-order valence-corrected chi connectivity index (χ0v) is 12.8. The Morgan fingerprint density at radius 2 is 2.24 bits per heavy atom. The average molecular weight is 327 g/mol. The van der Waals surface area contributed by atoms with Gasteiger partial charge in [0.2, 0.25) is 0 Å². The molecule has 9 heteroatoms. The Morgan fingerprint density at radius 1 is 1.48 bits per heavy atom. The van der Waals surface area contributed by atoms with E-state index in [4.69, 9.17) is 16.0 Å². The van der Waals surface area contributed by atoms with E-state index in [2.05, 4.69) is 14.9 Å². The molecule has 110 valence electrons. The summed E-state index contributed by atoms with van der Waals surface area (Å²) in [5, 5.41) is 6.46. The van der Waals surface area contributed by atoms with Crippen molar-refractivity contribution >= 4 is 35.1 Å². The molecule has 7 nitrogen and oxygen atoms in total. The fraction of sp³-hybridized carbons (Fsp3) is 0.333. The predicted molar refractivity (Wildman–Crippen MR) is 74.8 cm³/mol. The van der Waals surface area contributed by atoms with Crippen molar-refractivity contribution in [3.63, 3.8) is 0 Å². The smallest absolute Gasteiger partial charge is 0.325 e. The predicted octanol–water partition coefficient (Wildman–Crippen LogP) is 2.06. The standard InChI is InChI=1S/C12H11ClN4O3S/c1-6-3-4-8(20-6)12(2)10(18)17(11(19)14-12)5-7-9(13)21-16-15-7/h3-4H,5H2,1-2H3,(H,14,19)/t12-/m1/s1. The minimum atomic E-state index is -1.22. The summed E-state index contributed by atoms with van der Waals surface area (Å²) in [4.78, 5) is 25.7. The number of hydrogen-bond acceptors (Lipinski definition) is 6. The van der Waals surface area contributed by atoms with Gasteiger partial charge in [0.05, 0.1) is 6.54 Å². The van der Waals surface area contributed by atoms with Gasteiger partial charge in [0.15, 0.2) is 5.54 Å². The van der Waals surface area contributed by atoms with E-state index >= 15 is 0 Å². The molecule has 1 saturated heterocycles. The molecule has 1 aliphatic rings. The molecule has 1 atom stereocenters. The zero-order chi connectivity index (χ0) is 15.2. The highest BCUT2D eigenvalue weighted by molar-refractivity contribution is 7.10. The second-order valence-corrected chi connectivity index (χ2v) is 6.21. The zero-order valence-electron chi connectivity index (χ0n) is 11.2. The molecule has 0 aromatic carbocycles. The second-order valence-electron chi connectivity index (χ2n) is 4.85. The van der Waals surface area contributed by atoms with Crippen molar-refractivity contribution in [1.82, 2.24) is 19.8 Å². The summed E-state index contributed by atoms with van der Waals surface area (Å²) >= 11 is 6.92. The van der Waals surface area contributed by atoms with Gasteiger partial charge in [-0.05, 0) is 26.0 Å². The van der Waals surface area contributed by atoms with Crippen molar-refractivity contribution in [2.45, 2.75) is 25.9 Å². The van der Waals surface area contributed by atoms with Crippen LogP contribution in [0.15, 0.2) is 16.5 Å². The summed E-state index contributed by atoms with van der Waals surface area (Å²) in [6, 6.07) is 2.90. The van der Waals surface area contributed by atoms with Crippen molar-refractivity contribution in [2.24, 2.45) is 0 Å². The van der Waals surface area contributed by atoms with Crippen LogP contribution in [-0.2, 0) is 16.9 Å². The van der Waals surface area contributed by atoms with Crippen LogP contribution in [-0.4, -0.2) is 26.4 Å². The van der Waals surface area contributed by atoms with Crippen LogP contribution < -0.4 is 5.32 Å². The first-order valence-electron chi connectivity index (χ1n) is 6.09. The summed E-state index contributed by atoms with van der Waals surface area (Å²) in [5.74, 6) is 0.646. The van der Waals surface area contributed by atoms with E-state index in [0.29, 0.717) is 21.6 Å². The molecule has 1 N–H and O–H groups in total. The van der Waals surface area contributed by atoms with Gasteiger partial charge in [-0.1, -0.05) is 16.1 Å². The summed E-state index contributed by atoms with van der Waals surface area (Å²) in [6.45, 7) is 3.36. The molecule has 0 bridgehead atoms. The maximum Gasteiger partial charge on any atom is 0.325 e. The molecule has 21 heavy (non-hydrogen) atoms. The van der Waals surface area contributed by atoms with E-state index in [1.54, 1.807) is 26.0 Å². The van der Waals surface area contributed by atoms with Crippen LogP contribution in [0.3, 0.4) is 0 Å². The number of carbonyl (C=O) groups is 2. The molecule has 0 aliphatic carbocycles. The van der Waals surface area contributed by atoms with E-state index in [1.807, 2.05) is 0 Å². The quantitative estimate of drug-likeness (QED) is 0.872. The summed E-state index contributed by atoms with van der Waals surface area (Å²) in [6.07, 6.45) is 0. The summed E-state index contributed by atoms with van der Waals surface area (Å²) < 4.78 is 9.52. The lowest BCUT2D eigenvalue weighted by Crippen LogP contribution is -2.40. The van der Waals surface area contributed by atoms with Gasteiger partial charge in [0.25, 0.3) is 5.91 Å². The first-order valence-corrected chi connectivity index (χ1v) is 7.24. The van der Waals surface area contributed by atoms with Crippen LogP contribution in [0.1, 0.15) is 24.1 Å². The Bertz CT molecular complexity index is 728. The molecular formula is C12H11ClN4O3S. The number of amides is 3. The number of hydrogen-bond donors (Lipinski definition) is 1. The molecule has 1 aliphatic heterocycles. The Labute approximate surface area is 129 Å². The molecule has 0 unspecified atom stereocenters. The van der Waals surface area contributed by atoms with Crippen LogP contribution >= 0.6 is 23.1 Å². The van der Waals surface area contributed by atoms with Gasteiger partial charge < -0.3 is 9.73 Å². The lowest BCUT2D eigenvalue weighted by Gasteiger charge is -2.18. The number of rotatable bonds is 3. The third kappa shape index (κ3) is 2.20. The van der Waals surface area contributed by atoms with Crippen LogP contribution in [0.2, 0.25) is 4.34 Å². The molecule has 0 spiro atoms. The molecule has 0 saturated carbocycles. The highest BCUT2D eigenvalue weighted by atomic mass is 35.5. The largest absolute Gasteiger partial charge is 0.463 e. The van der Waals surface area contributed by atoms with Gasteiger partial charge in [-0.25, -0.2) is 4.79 Å². The number of nitrogens with one attached hydrogen (secondary N) is 1. The van der Waals surface area contributed by atoms with Crippen molar-refractivity contribution in [3.8, 4) is 0 Å². The molecule has 3 rings (SSSR count). The number of nitrogens with zero attached hydrogens (tertiary/aromatic N) is 3. The summed E-state index contributed by atoms with van der Waals surface area (Å²) in [7, 11) is 0. The number of aromatic nitrogens is 2. The van der Waals surface area contributed by atoms with Gasteiger partial charge >= 0.3 is 6.03 Å². The van der Waals surface area contributed by atoms with E-state index in [9.17, 15) is 9.59 Å². The van der Waals surface area contributed by atoms with E-state index in [0.717, 1.165) is 16.4 Å². The van der Waals surface area contributed by atoms with E-state index in [1.165, 1.54) is 0 Å². The fourth-order valence-corrected chi connectivity index (χ4v) is 2.76. The Hall–Kier alpha value is -1.93. The van der Waals surface area contributed by atoms with Crippen molar-refractivity contribution in [3.05, 3.63) is 33.7 Å². The lowest BCUT2D eigenvalue weighted by molar-refractivity contribution is -0.132. The molecular weight excluding hydrogens is 316 g/mol. The third-order valence-electron chi connectivity index (χ3n) is 3.33.